The first kappa shape index (κ1) is 14.5. The first-order valence-corrected chi connectivity index (χ1v) is 9.18. The molecule has 4 rings (SSSR count). The van der Waals surface area contributed by atoms with Crippen molar-refractivity contribution in [3.63, 3.8) is 0 Å². The van der Waals surface area contributed by atoms with Crippen molar-refractivity contribution in [1.82, 2.24) is 10.2 Å². The Bertz CT molecular complexity index is 377. The van der Waals surface area contributed by atoms with Crippen LogP contribution in [0.25, 0.3) is 0 Å². The molecule has 120 valence electrons. The summed E-state index contributed by atoms with van der Waals surface area (Å²) < 4.78 is 5.60. The molecule has 3 saturated carbocycles. The number of hydrogen-bond donors (Lipinski definition) is 1. The first-order valence-electron chi connectivity index (χ1n) is 9.18. The second-order valence-corrected chi connectivity index (χ2v) is 8.37. The van der Waals surface area contributed by atoms with Crippen molar-refractivity contribution in [2.24, 2.45) is 23.7 Å². The van der Waals surface area contributed by atoms with Gasteiger partial charge in [0.2, 0.25) is 0 Å². The van der Waals surface area contributed by atoms with E-state index in [1.807, 2.05) is 0 Å². The van der Waals surface area contributed by atoms with Crippen molar-refractivity contribution in [3.05, 3.63) is 0 Å². The number of nitrogens with one attached hydrogen (secondary N) is 1. The molecule has 1 N–H and O–H groups in total. The SMILES string of the molecule is CN(C)C1(CN[C@@H]2C[C@H]3C[C@H]2[C@H]2CCC[C@@H]32)CCOCC1. The van der Waals surface area contributed by atoms with E-state index in [9.17, 15) is 0 Å². The first-order chi connectivity index (χ1) is 10.2. The van der Waals surface area contributed by atoms with Crippen LogP contribution < -0.4 is 5.32 Å². The predicted octanol–water partition coefficient (Wildman–Crippen LogP) is 2.51. The van der Waals surface area contributed by atoms with Crippen LogP contribution in [0, 0.1) is 23.7 Å². The molecule has 0 spiro atoms. The molecule has 1 aliphatic heterocycles. The Labute approximate surface area is 129 Å². The van der Waals surface area contributed by atoms with Gasteiger partial charge in [0.25, 0.3) is 0 Å². The van der Waals surface area contributed by atoms with E-state index >= 15 is 0 Å². The Morgan fingerprint density at radius 3 is 2.57 bits per heavy atom. The van der Waals surface area contributed by atoms with Gasteiger partial charge in [-0.15, -0.1) is 0 Å². The second kappa shape index (κ2) is 5.50. The molecular formula is C18H32N2O. The lowest BCUT2D eigenvalue weighted by atomic mass is 9.78. The standard InChI is InChI=1S/C18H32N2O/c1-20(2)18(6-8-21-9-7-18)12-19-17-11-13-10-16(17)15-5-3-4-14(13)15/h13-17,19H,3-12H2,1-2H3/t13-,14+,15+,16+,17-/m1/s1. The molecule has 21 heavy (non-hydrogen) atoms. The molecular weight excluding hydrogens is 260 g/mol. The quantitative estimate of drug-likeness (QED) is 0.861. The highest BCUT2D eigenvalue weighted by Gasteiger charge is 2.53. The van der Waals surface area contributed by atoms with E-state index in [0.29, 0.717) is 5.54 Å². The van der Waals surface area contributed by atoms with Crippen LogP contribution in [0.1, 0.15) is 44.9 Å². The van der Waals surface area contributed by atoms with E-state index in [0.717, 1.165) is 49.5 Å². The van der Waals surface area contributed by atoms with Crippen molar-refractivity contribution in [1.29, 1.82) is 0 Å². The summed E-state index contributed by atoms with van der Waals surface area (Å²) >= 11 is 0. The molecule has 0 radical (unpaired) electrons. The second-order valence-electron chi connectivity index (χ2n) is 8.37. The van der Waals surface area contributed by atoms with Gasteiger partial charge in [0, 0.05) is 31.3 Å². The molecule has 3 aliphatic carbocycles. The Morgan fingerprint density at radius 1 is 1.05 bits per heavy atom. The fraction of sp³-hybridized carbons (Fsp3) is 1.00. The van der Waals surface area contributed by atoms with Crippen molar-refractivity contribution < 1.29 is 4.74 Å². The van der Waals surface area contributed by atoms with Gasteiger partial charge >= 0.3 is 0 Å². The van der Waals surface area contributed by atoms with Crippen LogP contribution >= 0.6 is 0 Å². The van der Waals surface area contributed by atoms with Gasteiger partial charge in [0.1, 0.15) is 0 Å². The van der Waals surface area contributed by atoms with E-state index in [-0.39, 0.29) is 0 Å². The zero-order valence-electron chi connectivity index (χ0n) is 13.8. The maximum absolute atomic E-state index is 5.60. The minimum Gasteiger partial charge on any atom is -0.381 e. The van der Waals surface area contributed by atoms with Gasteiger partial charge in [-0.05, 0) is 76.3 Å². The van der Waals surface area contributed by atoms with Crippen molar-refractivity contribution in [3.8, 4) is 0 Å². The minimum absolute atomic E-state index is 0.329. The fourth-order valence-electron chi connectivity index (χ4n) is 6.16. The average Bonchev–Trinajstić information content (AvgIpc) is 3.18. The molecule has 5 atom stereocenters. The topological polar surface area (TPSA) is 24.5 Å². The Morgan fingerprint density at radius 2 is 1.81 bits per heavy atom. The Balaban J connectivity index is 1.38. The molecule has 0 aromatic heterocycles. The zero-order valence-corrected chi connectivity index (χ0v) is 13.8. The van der Waals surface area contributed by atoms with Gasteiger partial charge in [-0.25, -0.2) is 0 Å². The van der Waals surface area contributed by atoms with Gasteiger partial charge < -0.3 is 15.0 Å². The highest BCUT2D eigenvalue weighted by atomic mass is 16.5. The van der Waals surface area contributed by atoms with Crippen molar-refractivity contribution in [2.75, 3.05) is 33.9 Å². The highest BCUT2D eigenvalue weighted by Crippen LogP contribution is 2.58. The number of nitrogens with zero attached hydrogens (tertiary/aromatic N) is 1. The van der Waals surface area contributed by atoms with Crippen LogP contribution in [-0.4, -0.2) is 50.3 Å². The minimum atomic E-state index is 0.329. The molecule has 4 fully saturated rings. The van der Waals surface area contributed by atoms with Gasteiger partial charge in [-0.1, -0.05) is 6.42 Å². The van der Waals surface area contributed by atoms with Gasteiger partial charge in [0.15, 0.2) is 0 Å². The normalized spacial score (nSPS) is 44.4. The van der Waals surface area contributed by atoms with E-state index in [2.05, 4.69) is 24.3 Å². The lowest BCUT2D eigenvalue weighted by Gasteiger charge is -2.44. The van der Waals surface area contributed by atoms with Crippen LogP contribution in [-0.2, 0) is 4.74 Å². The van der Waals surface area contributed by atoms with E-state index in [1.165, 1.54) is 44.9 Å². The number of likely N-dealkylation sites (N-methyl/N-ethyl adjacent to an activating group) is 1. The lowest BCUT2D eigenvalue weighted by molar-refractivity contribution is -0.00983. The third-order valence-corrected chi connectivity index (χ3v) is 7.49. The number of hydrogen-bond acceptors (Lipinski definition) is 3. The Kier molecular flexibility index (Phi) is 3.79. The molecule has 0 unspecified atom stereocenters. The summed E-state index contributed by atoms with van der Waals surface area (Å²) in [5.74, 6) is 4.25. The van der Waals surface area contributed by atoms with Crippen LogP contribution in [0.15, 0.2) is 0 Å². The summed E-state index contributed by atoms with van der Waals surface area (Å²) in [5, 5.41) is 4.02. The molecule has 1 saturated heterocycles. The number of fused-ring (bicyclic) bond motifs is 5. The van der Waals surface area contributed by atoms with Gasteiger partial charge in [-0.2, -0.15) is 0 Å². The van der Waals surface area contributed by atoms with Crippen LogP contribution in [0.2, 0.25) is 0 Å². The maximum atomic E-state index is 5.60. The van der Waals surface area contributed by atoms with Crippen LogP contribution in [0.5, 0.6) is 0 Å². The Hall–Kier alpha value is -0.120. The number of rotatable bonds is 4. The summed E-state index contributed by atoms with van der Waals surface area (Å²) in [5.41, 5.74) is 0.329. The third-order valence-electron chi connectivity index (χ3n) is 7.49. The number of ether oxygens (including phenoxy) is 1. The molecule has 4 aliphatic rings. The summed E-state index contributed by atoms with van der Waals surface area (Å²) in [4.78, 5) is 2.45. The molecule has 0 amide bonds. The van der Waals surface area contributed by atoms with Crippen molar-refractivity contribution in [2.45, 2.75) is 56.5 Å². The summed E-state index contributed by atoms with van der Waals surface area (Å²) in [6.07, 6.45) is 9.93. The maximum Gasteiger partial charge on any atom is 0.0484 e. The molecule has 3 heteroatoms. The average molecular weight is 292 g/mol. The highest BCUT2D eigenvalue weighted by molar-refractivity contribution is 5.06. The third kappa shape index (κ3) is 2.36. The predicted molar refractivity (Wildman–Crippen MR) is 85.3 cm³/mol. The van der Waals surface area contributed by atoms with Crippen molar-refractivity contribution >= 4 is 0 Å². The molecule has 2 bridgehead atoms. The van der Waals surface area contributed by atoms with Crippen LogP contribution in [0.3, 0.4) is 0 Å². The molecule has 0 aromatic rings. The monoisotopic (exact) mass is 292 g/mol. The molecule has 1 heterocycles. The van der Waals surface area contributed by atoms with E-state index < -0.39 is 0 Å². The largest absolute Gasteiger partial charge is 0.381 e. The van der Waals surface area contributed by atoms with Gasteiger partial charge in [-0.3, -0.25) is 0 Å². The van der Waals surface area contributed by atoms with Gasteiger partial charge in [0.05, 0.1) is 0 Å². The summed E-state index contributed by atoms with van der Waals surface area (Å²) in [6, 6.07) is 0.814. The molecule has 3 nitrogen and oxygen atoms in total. The molecule has 0 aromatic carbocycles. The van der Waals surface area contributed by atoms with Crippen LogP contribution in [0.4, 0.5) is 0 Å². The summed E-state index contributed by atoms with van der Waals surface area (Å²) in [6.45, 7) is 3.02. The van der Waals surface area contributed by atoms with E-state index in [4.69, 9.17) is 4.74 Å². The fourth-order valence-corrected chi connectivity index (χ4v) is 6.16. The van der Waals surface area contributed by atoms with E-state index in [1.54, 1.807) is 0 Å². The zero-order chi connectivity index (χ0) is 14.4. The smallest absolute Gasteiger partial charge is 0.0484 e. The summed E-state index contributed by atoms with van der Waals surface area (Å²) in [7, 11) is 4.50. The lowest BCUT2D eigenvalue weighted by Crippen LogP contribution is -2.57.